The number of rotatable bonds is 6. The minimum absolute atomic E-state index is 0.0871. The predicted molar refractivity (Wildman–Crippen MR) is 116 cm³/mol. The van der Waals surface area contributed by atoms with E-state index in [-0.39, 0.29) is 18.4 Å². The van der Waals surface area contributed by atoms with Gasteiger partial charge in [0.1, 0.15) is 22.7 Å². The molecule has 0 saturated carbocycles. The molecule has 0 bridgehead atoms. The van der Waals surface area contributed by atoms with Crippen LogP contribution in [0.3, 0.4) is 0 Å². The van der Waals surface area contributed by atoms with Crippen LogP contribution in [-0.2, 0) is 11.2 Å². The Morgan fingerprint density at radius 2 is 2.23 bits per heavy atom. The molecule has 1 fully saturated rings. The van der Waals surface area contributed by atoms with Gasteiger partial charge < -0.3 is 20.3 Å². The van der Waals surface area contributed by atoms with Crippen LogP contribution in [0.1, 0.15) is 20.8 Å². The predicted octanol–water partition coefficient (Wildman–Crippen LogP) is 2.23. The summed E-state index contributed by atoms with van der Waals surface area (Å²) in [7, 11) is 1.66. The molecular weight excluding hydrogens is 402 g/mol. The summed E-state index contributed by atoms with van der Waals surface area (Å²) in [5.74, 6) is 1.29. The highest BCUT2D eigenvalue weighted by atomic mass is 32.1. The van der Waals surface area contributed by atoms with Gasteiger partial charge in [-0.2, -0.15) is 0 Å². The van der Waals surface area contributed by atoms with Crippen LogP contribution in [0.2, 0.25) is 0 Å². The van der Waals surface area contributed by atoms with Gasteiger partial charge in [-0.05, 0) is 36.6 Å². The van der Waals surface area contributed by atoms with Crippen LogP contribution < -0.4 is 15.4 Å². The number of aromatic nitrogens is 2. The molecule has 1 aromatic carbocycles. The Morgan fingerprint density at radius 3 is 3.03 bits per heavy atom. The van der Waals surface area contributed by atoms with E-state index in [1.54, 1.807) is 12.0 Å². The topological polar surface area (TPSA) is 96.4 Å². The molecule has 3 aromatic rings. The second-order valence-corrected chi connectivity index (χ2v) is 8.06. The minimum atomic E-state index is -0.132. The number of anilines is 1. The summed E-state index contributed by atoms with van der Waals surface area (Å²) >= 11 is 1.35. The van der Waals surface area contributed by atoms with Gasteiger partial charge >= 0.3 is 0 Å². The first-order valence-electron chi connectivity index (χ1n) is 9.73. The van der Waals surface area contributed by atoms with E-state index < -0.39 is 0 Å². The number of hydrogen-bond acceptors (Lipinski definition) is 7. The van der Waals surface area contributed by atoms with Crippen molar-refractivity contribution in [3.8, 4) is 5.75 Å². The summed E-state index contributed by atoms with van der Waals surface area (Å²) in [4.78, 5) is 36.3. The van der Waals surface area contributed by atoms with E-state index in [0.717, 1.165) is 33.5 Å². The van der Waals surface area contributed by atoms with Crippen LogP contribution in [0, 0.1) is 6.92 Å². The van der Waals surface area contributed by atoms with Gasteiger partial charge in [-0.15, -0.1) is 11.3 Å². The molecule has 4 rings (SSSR count). The third-order valence-electron chi connectivity index (χ3n) is 5.09. The maximum atomic E-state index is 13.0. The Bertz CT molecular complexity index is 1100. The average Bonchev–Trinajstić information content (AvgIpc) is 3.10. The number of benzene rings is 1. The number of nitrogens with one attached hydrogen (secondary N) is 2. The molecule has 0 spiro atoms. The van der Waals surface area contributed by atoms with E-state index in [2.05, 4.69) is 26.7 Å². The maximum absolute atomic E-state index is 13.0. The summed E-state index contributed by atoms with van der Waals surface area (Å²) in [5.41, 5.74) is 2.00. The highest BCUT2D eigenvalue weighted by molar-refractivity contribution is 7.20. The minimum Gasteiger partial charge on any atom is -0.497 e. The number of piperazine rings is 1. The molecule has 30 heavy (non-hydrogen) atoms. The van der Waals surface area contributed by atoms with Crippen molar-refractivity contribution in [3.05, 3.63) is 46.6 Å². The number of aryl methyl sites for hydroxylation is 1. The smallest absolute Gasteiger partial charge is 0.264 e. The summed E-state index contributed by atoms with van der Waals surface area (Å²) in [6, 6.07) is 7.96. The fourth-order valence-corrected chi connectivity index (χ4v) is 4.63. The number of nitrogens with zero attached hydrogens (tertiary/aromatic N) is 3. The van der Waals surface area contributed by atoms with Gasteiger partial charge in [0, 0.05) is 19.6 Å². The Morgan fingerprint density at radius 1 is 1.37 bits per heavy atom. The Kier molecular flexibility index (Phi) is 5.80. The fourth-order valence-electron chi connectivity index (χ4n) is 3.52. The molecule has 2 N–H and O–H groups in total. The first-order valence-corrected chi connectivity index (χ1v) is 10.6. The van der Waals surface area contributed by atoms with Crippen molar-refractivity contribution < 1.29 is 14.3 Å². The quantitative estimate of drug-likeness (QED) is 0.629. The van der Waals surface area contributed by atoms with E-state index in [1.807, 2.05) is 25.1 Å². The van der Waals surface area contributed by atoms with Crippen LogP contribution >= 0.6 is 11.3 Å². The van der Waals surface area contributed by atoms with Crippen molar-refractivity contribution in [2.75, 3.05) is 38.6 Å². The molecule has 2 aromatic heterocycles. The largest absolute Gasteiger partial charge is 0.497 e. The van der Waals surface area contributed by atoms with E-state index >= 15 is 0 Å². The zero-order chi connectivity index (χ0) is 21.1. The Balaban J connectivity index is 1.53. The van der Waals surface area contributed by atoms with Gasteiger partial charge in [0.05, 0.1) is 23.9 Å². The molecule has 0 aliphatic carbocycles. The third-order valence-corrected chi connectivity index (χ3v) is 6.27. The lowest BCUT2D eigenvalue weighted by atomic mass is 10.1. The fraction of sp³-hybridized carbons (Fsp3) is 0.333. The molecule has 3 heterocycles. The van der Waals surface area contributed by atoms with Gasteiger partial charge in [-0.25, -0.2) is 9.97 Å². The van der Waals surface area contributed by atoms with Gasteiger partial charge in [0.25, 0.3) is 5.91 Å². The molecule has 156 valence electrons. The number of hydrogen-bond donors (Lipinski definition) is 2. The van der Waals surface area contributed by atoms with Gasteiger partial charge in [-0.1, -0.05) is 12.1 Å². The highest BCUT2D eigenvalue weighted by Crippen LogP contribution is 2.34. The number of ether oxygens (including phenoxy) is 1. The zero-order valence-electron chi connectivity index (χ0n) is 16.9. The molecule has 9 heteroatoms. The number of thiophene rings is 1. The zero-order valence-corrected chi connectivity index (χ0v) is 17.7. The molecule has 0 atom stereocenters. The molecule has 8 nitrogen and oxygen atoms in total. The van der Waals surface area contributed by atoms with Gasteiger partial charge in [0.2, 0.25) is 5.91 Å². The van der Waals surface area contributed by atoms with Crippen molar-refractivity contribution >= 4 is 39.2 Å². The summed E-state index contributed by atoms with van der Waals surface area (Å²) in [6.45, 7) is 3.67. The second-order valence-electron chi connectivity index (χ2n) is 7.06. The molecule has 0 unspecified atom stereocenters. The standard InChI is InChI=1S/C21H23N5O3S/c1-13-17-19(23-7-6-14-4-3-5-15(10-14)29-2)24-12-25-20(17)30-18(13)21(28)26-9-8-22-16(27)11-26/h3-5,10,12H,6-9,11H2,1-2H3,(H,22,27)(H,23,24,25). The molecule has 1 aliphatic heterocycles. The Hall–Kier alpha value is -3.20. The molecule has 1 saturated heterocycles. The number of carbonyl (C=O) groups is 2. The molecule has 2 amide bonds. The molecule has 1 aliphatic rings. The van der Waals surface area contributed by atoms with Crippen molar-refractivity contribution in [2.24, 2.45) is 0 Å². The lowest BCUT2D eigenvalue weighted by molar-refractivity contribution is -0.123. The highest BCUT2D eigenvalue weighted by Gasteiger charge is 2.26. The second kappa shape index (κ2) is 8.66. The third kappa shape index (κ3) is 4.06. The number of carbonyl (C=O) groups excluding carboxylic acids is 2. The normalized spacial score (nSPS) is 13.9. The molecule has 0 radical (unpaired) electrons. The number of methoxy groups -OCH3 is 1. The maximum Gasteiger partial charge on any atom is 0.264 e. The van der Waals surface area contributed by atoms with Crippen LogP contribution in [0.15, 0.2) is 30.6 Å². The van der Waals surface area contributed by atoms with Crippen molar-refractivity contribution in [2.45, 2.75) is 13.3 Å². The summed E-state index contributed by atoms with van der Waals surface area (Å²) < 4.78 is 5.27. The first kappa shape index (κ1) is 20.1. The monoisotopic (exact) mass is 425 g/mol. The number of amides is 2. The lowest BCUT2D eigenvalue weighted by Gasteiger charge is -2.26. The van der Waals surface area contributed by atoms with E-state index in [1.165, 1.54) is 17.7 Å². The van der Waals surface area contributed by atoms with E-state index in [4.69, 9.17) is 4.74 Å². The van der Waals surface area contributed by atoms with E-state index in [9.17, 15) is 9.59 Å². The van der Waals surface area contributed by atoms with Crippen LogP contribution in [0.25, 0.3) is 10.2 Å². The summed E-state index contributed by atoms with van der Waals surface area (Å²) in [5, 5.41) is 6.98. The van der Waals surface area contributed by atoms with Crippen molar-refractivity contribution in [3.63, 3.8) is 0 Å². The SMILES string of the molecule is COc1cccc(CCNc2ncnc3sc(C(=O)N4CCNC(=O)C4)c(C)c23)c1. The summed E-state index contributed by atoms with van der Waals surface area (Å²) in [6.07, 6.45) is 2.31. The average molecular weight is 426 g/mol. The lowest BCUT2D eigenvalue weighted by Crippen LogP contribution is -2.49. The van der Waals surface area contributed by atoms with Crippen LogP contribution in [0.5, 0.6) is 5.75 Å². The van der Waals surface area contributed by atoms with Gasteiger partial charge in [0.15, 0.2) is 0 Å². The first-order chi connectivity index (χ1) is 14.6. The van der Waals surface area contributed by atoms with Crippen LogP contribution in [-0.4, -0.2) is 60.0 Å². The van der Waals surface area contributed by atoms with Crippen molar-refractivity contribution in [1.29, 1.82) is 0 Å². The van der Waals surface area contributed by atoms with Crippen LogP contribution in [0.4, 0.5) is 5.82 Å². The van der Waals surface area contributed by atoms with Gasteiger partial charge in [-0.3, -0.25) is 9.59 Å². The number of fused-ring (bicyclic) bond motifs is 1. The Labute approximate surface area is 178 Å². The molecular formula is C21H23N5O3S. The van der Waals surface area contributed by atoms with Crippen molar-refractivity contribution in [1.82, 2.24) is 20.2 Å². The van der Waals surface area contributed by atoms with E-state index in [0.29, 0.717) is 30.3 Å².